The number of carbonyl (C=O) groups is 2. The fourth-order valence-corrected chi connectivity index (χ4v) is 3.47. The number of anilines is 1. The van der Waals surface area contributed by atoms with Gasteiger partial charge in [0.25, 0.3) is 10.0 Å². The lowest BCUT2D eigenvalue weighted by Gasteiger charge is -2.09. The van der Waals surface area contributed by atoms with Gasteiger partial charge in [-0.05, 0) is 43.3 Å². The van der Waals surface area contributed by atoms with Crippen molar-refractivity contribution in [1.29, 1.82) is 0 Å². The summed E-state index contributed by atoms with van der Waals surface area (Å²) in [4.78, 5) is 22.9. The number of Topliss-reactive ketones (excluding diaryl/α,β-unsaturated/α-hetero) is 1. The number of aryl methyl sites for hydroxylation is 1. The van der Waals surface area contributed by atoms with Gasteiger partial charge in [-0.2, -0.15) is 0 Å². The molecule has 126 valence electrons. The van der Waals surface area contributed by atoms with Gasteiger partial charge in [0.15, 0.2) is 10.9 Å². The van der Waals surface area contributed by atoms with Gasteiger partial charge in [-0.25, -0.2) is 8.42 Å². The van der Waals surface area contributed by atoms with Crippen LogP contribution in [0, 0.1) is 6.92 Å². The number of nitrogens with one attached hydrogen (secondary N) is 1. The third kappa shape index (κ3) is 4.94. The van der Waals surface area contributed by atoms with Gasteiger partial charge in [-0.1, -0.05) is 29.5 Å². The Bertz CT molecular complexity index is 841. The third-order valence-electron chi connectivity index (χ3n) is 3.20. The highest BCUT2D eigenvalue weighted by atomic mass is 32.2. The van der Waals surface area contributed by atoms with Crippen molar-refractivity contribution in [3.63, 3.8) is 0 Å². The van der Waals surface area contributed by atoms with Crippen molar-refractivity contribution in [3.8, 4) is 0 Å². The van der Waals surface area contributed by atoms with Crippen LogP contribution in [0.25, 0.3) is 0 Å². The number of rotatable bonds is 6. The molecule has 0 aliphatic heterocycles. The Morgan fingerprint density at radius 1 is 1.00 bits per heavy atom. The van der Waals surface area contributed by atoms with E-state index in [2.05, 4.69) is 4.72 Å². The molecule has 0 amide bonds. The molecule has 24 heavy (non-hydrogen) atoms. The molecule has 2 rings (SSSR count). The van der Waals surface area contributed by atoms with Crippen molar-refractivity contribution in [1.82, 2.24) is 0 Å². The summed E-state index contributed by atoms with van der Waals surface area (Å²) < 4.78 is 27.1. The molecule has 0 aliphatic rings. The summed E-state index contributed by atoms with van der Waals surface area (Å²) >= 11 is 0.947. The molecule has 0 heterocycles. The minimum atomic E-state index is -3.67. The van der Waals surface area contributed by atoms with E-state index in [-0.39, 0.29) is 21.5 Å². The quantitative estimate of drug-likeness (QED) is 0.797. The minimum absolute atomic E-state index is 0.0732. The number of sulfonamides is 1. The van der Waals surface area contributed by atoms with E-state index < -0.39 is 10.0 Å². The van der Waals surface area contributed by atoms with Crippen LogP contribution in [0.15, 0.2) is 53.4 Å². The van der Waals surface area contributed by atoms with E-state index in [1.807, 2.05) is 6.92 Å². The standard InChI is InChI=1S/C17H17NO4S2/c1-12-3-9-16(10-4-12)24(21,22)18-15-7-5-14(6-8-15)17(20)11-23-13(2)19/h3-10,18H,11H2,1-2H3. The lowest BCUT2D eigenvalue weighted by molar-refractivity contribution is -0.109. The van der Waals surface area contributed by atoms with Gasteiger partial charge < -0.3 is 0 Å². The van der Waals surface area contributed by atoms with Crippen LogP contribution in [0.2, 0.25) is 0 Å². The lowest BCUT2D eigenvalue weighted by Crippen LogP contribution is -2.13. The molecule has 0 saturated heterocycles. The fraction of sp³-hybridized carbons (Fsp3) is 0.176. The Balaban J connectivity index is 2.09. The summed E-state index contributed by atoms with van der Waals surface area (Å²) in [6.07, 6.45) is 0. The molecule has 0 saturated carbocycles. The van der Waals surface area contributed by atoms with Crippen LogP contribution in [0.1, 0.15) is 22.8 Å². The highest BCUT2D eigenvalue weighted by molar-refractivity contribution is 8.14. The zero-order valence-electron chi connectivity index (χ0n) is 13.3. The smallest absolute Gasteiger partial charge is 0.261 e. The molecule has 0 unspecified atom stereocenters. The van der Waals surface area contributed by atoms with Gasteiger partial charge in [0.1, 0.15) is 0 Å². The lowest BCUT2D eigenvalue weighted by atomic mass is 10.1. The topological polar surface area (TPSA) is 80.3 Å². The Morgan fingerprint density at radius 3 is 2.12 bits per heavy atom. The second kappa shape index (κ2) is 7.63. The Hall–Kier alpha value is -2.12. The summed E-state index contributed by atoms with van der Waals surface area (Å²) in [7, 11) is -3.67. The number of carbonyl (C=O) groups excluding carboxylic acids is 2. The summed E-state index contributed by atoms with van der Waals surface area (Å²) in [5.41, 5.74) is 1.77. The van der Waals surface area contributed by atoms with Gasteiger partial charge in [0.2, 0.25) is 0 Å². The highest BCUT2D eigenvalue weighted by Crippen LogP contribution is 2.18. The number of hydrogen-bond acceptors (Lipinski definition) is 5. The maximum atomic E-state index is 12.3. The number of benzene rings is 2. The molecule has 2 aromatic carbocycles. The molecule has 0 fully saturated rings. The molecule has 0 atom stereocenters. The molecule has 0 aliphatic carbocycles. The van der Waals surface area contributed by atoms with Gasteiger partial charge in [-0.3, -0.25) is 14.3 Å². The van der Waals surface area contributed by atoms with Gasteiger partial charge >= 0.3 is 0 Å². The first-order valence-electron chi connectivity index (χ1n) is 7.14. The van der Waals surface area contributed by atoms with Crippen LogP contribution in [0.4, 0.5) is 5.69 Å². The third-order valence-corrected chi connectivity index (χ3v) is 5.41. The van der Waals surface area contributed by atoms with Crippen molar-refractivity contribution in [2.75, 3.05) is 10.5 Å². The van der Waals surface area contributed by atoms with Crippen molar-refractivity contribution in [3.05, 3.63) is 59.7 Å². The van der Waals surface area contributed by atoms with E-state index in [4.69, 9.17) is 0 Å². The van der Waals surface area contributed by atoms with E-state index in [0.29, 0.717) is 11.3 Å². The van der Waals surface area contributed by atoms with Crippen molar-refractivity contribution in [2.24, 2.45) is 0 Å². The van der Waals surface area contributed by atoms with Crippen LogP contribution in [-0.4, -0.2) is 25.1 Å². The van der Waals surface area contributed by atoms with Crippen LogP contribution in [-0.2, 0) is 14.8 Å². The Morgan fingerprint density at radius 2 is 1.58 bits per heavy atom. The molecular weight excluding hydrogens is 346 g/mol. The predicted molar refractivity (Wildman–Crippen MR) is 95.9 cm³/mol. The van der Waals surface area contributed by atoms with Crippen LogP contribution < -0.4 is 4.72 Å². The first-order valence-corrected chi connectivity index (χ1v) is 9.61. The van der Waals surface area contributed by atoms with Crippen LogP contribution >= 0.6 is 11.8 Å². The maximum absolute atomic E-state index is 12.3. The molecular formula is C17H17NO4S2. The maximum Gasteiger partial charge on any atom is 0.261 e. The number of hydrogen-bond donors (Lipinski definition) is 1. The molecule has 0 aromatic heterocycles. The Labute approximate surface area is 145 Å². The zero-order valence-corrected chi connectivity index (χ0v) is 14.9. The van der Waals surface area contributed by atoms with E-state index in [0.717, 1.165) is 17.3 Å². The van der Waals surface area contributed by atoms with Gasteiger partial charge in [0, 0.05) is 18.2 Å². The van der Waals surface area contributed by atoms with E-state index in [9.17, 15) is 18.0 Å². The zero-order chi connectivity index (χ0) is 17.7. The van der Waals surface area contributed by atoms with Crippen LogP contribution in [0.5, 0.6) is 0 Å². The molecule has 0 radical (unpaired) electrons. The predicted octanol–water partition coefficient (Wildman–Crippen LogP) is 3.26. The second-order valence-electron chi connectivity index (χ2n) is 5.20. The largest absolute Gasteiger partial charge is 0.293 e. The van der Waals surface area contributed by atoms with Gasteiger partial charge in [-0.15, -0.1) is 0 Å². The molecule has 7 heteroatoms. The van der Waals surface area contributed by atoms with Gasteiger partial charge in [0.05, 0.1) is 10.6 Å². The van der Waals surface area contributed by atoms with E-state index in [1.165, 1.54) is 43.3 Å². The monoisotopic (exact) mass is 363 g/mol. The molecule has 2 aromatic rings. The van der Waals surface area contributed by atoms with Crippen molar-refractivity contribution in [2.45, 2.75) is 18.7 Å². The average molecular weight is 363 g/mol. The van der Waals surface area contributed by atoms with E-state index >= 15 is 0 Å². The summed E-state index contributed by atoms with van der Waals surface area (Å²) in [6, 6.07) is 12.6. The number of ketones is 1. The number of thioether (sulfide) groups is 1. The molecule has 0 spiro atoms. The average Bonchev–Trinajstić information content (AvgIpc) is 2.53. The van der Waals surface area contributed by atoms with Crippen LogP contribution in [0.3, 0.4) is 0 Å². The molecule has 0 bridgehead atoms. The van der Waals surface area contributed by atoms with Crippen molar-refractivity contribution >= 4 is 38.4 Å². The minimum Gasteiger partial charge on any atom is -0.293 e. The van der Waals surface area contributed by atoms with Crippen molar-refractivity contribution < 1.29 is 18.0 Å². The molecule has 5 nitrogen and oxygen atoms in total. The Kier molecular flexibility index (Phi) is 5.80. The fourth-order valence-electron chi connectivity index (χ4n) is 1.91. The molecule has 1 N–H and O–H groups in total. The SMILES string of the molecule is CC(=O)SCC(=O)c1ccc(NS(=O)(=O)c2ccc(C)cc2)cc1. The summed E-state index contributed by atoms with van der Waals surface area (Å²) in [5, 5.41) is -0.120. The summed E-state index contributed by atoms with van der Waals surface area (Å²) in [5.74, 6) is -0.104. The van der Waals surface area contributed by atoms with E-state index in [1.54, 1.807) is 12.1 Å². The first-order chi connectivity index (χ1) is 11.3. The normalized spacial score (nSPS) is 11.1. The summed E-state index contributed by atoms with van der Waals surface area (Å²) in [6.45, 7) is 3.28. The highest BCUT2D eigenvalue weighted by Gasteiger charge is 2.14. The first kappa shape index (κ1) is 18.2. The second-order valence-corrected chi connectivity index (χ2v) is 8.03.